The Kier molecular flexibility index (Phi) is 3.25. The lowest BCUT2D eigenvalue weighted by Crippen LogP contribution is -2.16. The predicted octanol–water partition coefficient (Wildman–Crippen LogP) is 0.0331. The number of halogens is 1. The molecule has 0 radical (unpaired) electrons. The molecule has 0 amide bonds. The minimum atomic E-state index is -4.04. The molecule has 21 heavy (non-hydrogen) atoms. The molecule has 0 spiro atoms. The summed E-state index contributed by atoms with van der Waals surface area (Å²) in [6.07, 6.45) is 1.94. The van der Waals surface area contributed by atoms with Crippen LogP contribution in [0.15, 0.2) is 11.1 Å². The van der Waals surface area contributed by atoms with Crippen molar-refractivity contribution in [2.45, 2.75) is 17.3 Å². The van der Waals surface area contributed by atoms with Gasteiger partial charge in [-0.1, -0.05) is 15.9 Å². The Labute approximate surface area is 126 Å². The zero-order valence-corrected chi connectivity index (χ0v) is 13.2. The topological polar surface area (TPSA) is 147 Å². The van der Waals surface area contributed by atoms with Gasteiger partial charge in [0, 0.05) is 10.9 Å². The molecule has 5 N–H and O–H groups in total. The third kappa shape index (κ3) is 2.89. The molecule has 2 aromatic heterocycles. The lowest BCUT2D eigenvalue weighted by atomic mass is 10.3. The van der Waals surface area contributed by atoms with Crippen LogP contribution in [0.2, 0.25) is 0 Å². The highest BCUT2D eigenvalue weighted by Gasteiger charge is 2.54. The molecule has 2 aromatic rings. The van der Waals surface area contributed by atoms with E-state index in [-0.39, 0.29) is 23.5 Å². The van der Waals surface area contributed by atoms with Gasteiger partial charge in [0.1, 0.15) is 0 Å². The number of hydrogen-bond donors (Lipinski definition) is 4. The average molecular weight is 378 g/mol. The van der Waals surface area contributed by atoms with E-state index in [4.69, 9.17) is 15.5 Å². The lowest BCUT2D eigenvalue weighted by molar-refractivity contribution is 0.369. The number of fused-ring (bicyclic) bond motifs is 1. The van der Waals surface area contributed by atoms with Gasteiger partial charge in [-0.2, -0.15) is 4.98 Å². The molecule has 1 aliphatic rings. The van der Waals surface area contributed by atoms with Crippen molar-refractivity contribution in [2.75, 3.05) is 11.9 Å². The summed E-state index contributed by atoms with van der Waals surface area (Å²) >= 11 is 3.52. The largest absolute Gasteiger partial charge is 0.369 e. The SMILES string of the molecule is Nc1nc2c(ncn2CC2(Br)CC2CP(=O)(O)O)c(=O)[nH]1. The number of imidazole rings is 1. The summed E-state index contributed by atoms with van der Waals surface area (Å²) in [5, 5.41) is 0. The Morgan fingerprint density at radius 3 is 3.00 bits per heavy atom. The number of aromatic amines is 1. The molecule has 0 aliphatic heterocycles. The Morgan fingerprint density at radius 2 is 2.33 bits per heavy atom. The van der Waals surface area contributed by atoms with Gasteiger partial charge >= 0.3 is 7.60 Å². The number of alkyl halides is 1. The molecule has 1 saturated carbocycles. The Bertz CT molecular complexity index is 813. The highest BCUT2D eigenvalue weighted by molar-refractivity contribution is 9.10. The van der Waals surface area contributed by atoms with E-state index in [1.165, 1.54) is 6.33 Å². The molecule has 0 aromatic carbocycles. The fourth-order valence-electron chi connectivity index (χ4n) is 2.43. The number of nitrogen functional groups attached to an aromatic ring is 1. The number of hydrogen-bond acceptors (Lipinski definition) is 5. The first-order valence-corrected chi connectivity index (χ1v) is 8.71. The first kappa shape index (κ1) is 14.7. The third-order valence-electron chi connectivity index (χ3n) is 3.54. The van der Waals surface area contributed by atoms with Crippen molar-refractivity contribution in [3.05, 3.63) is 16.7 Å². The number of aromatic nitrogens is 4. The summed E-state index contributed by atoms with van der Waals surface area (Å²) < 4.78 is 12.3. The van der Waals surface area contributed by atoms with Crippen LogP contribution in [-0.4, -0.2) is 39.8 Å². The number of nitrogens with one attached hydrogen (secondary N) is 1. The quantitative estimate of drug-likeness (QED) is 0.434. The maximum atomic E-state index is 11.7. The highest BCUT2D eigenvalue weighted by Crippen LogP contribution is 2.58. The monoisotopic (exact) mass is 377 g/mol. The molecule has 1 fully saturated rings. The molecule has 2 unspecified atom stereocenters. The van der Waals surface area contributed by atoms with Gasteiger partial charge in [0.05, 0.1) is 12.5 Å². The standard InChI is InChI=1S/C10H13BrN5O4P/c11-10(1-5(10)2-21(18,19)20)3-16-4-13-6-7(16)14-9(12)15-8(6)17/h4-5H,1-3H2,(H2,18,19,20)(H3,12,14,15,17). The fraction of sp³-hybridized carbons (Fsp3) is 0.500. The zero-order valence-electron chi connectivity index (χ0n) is 10.7. The van der Waals surface area contributed by atoms with Crippen LogP contribution in [0.3, 0.4) is 0 Å². The van der Waals surface area contributed by atoms with Crippen molar-refractivity contribution in [1.29, 1.82) is 0 Å². The van der Waals surface area contributed by atoms with Crippen LogP contribution in [0.4, 0.5) is 5.95 Å². The summed E-state index contributed by atoms with van der Waals surface area (Å²) in [7, 11) is -4.04. The molecule has 9 nitrogen and oxygen atoms in total. The predicted molar refractivity (Wildman–Crippen MR) is 79.2 cm³/mol. The number of anilines is 1. The van der Waals surface area contributed by atoms with Crippen LogP contribution in [0.5, 0.6) is 0 Å². The normalized spacial score (nSPS) is 25.4. The van der Waals surface area contributed by atoms with Gasteiger partial charge in [0.2, 0.25) is 5.95 Å². The van der Waals surface area contributed by atoms with Gasteiger partial charge in [-0.15, -0.1) is 0 Å². The van der Waals surface area contributed by atoms with E-state index in [0.29, 0.717) is 18.6 Å². The van der Waals surface area contributed by atoms with Crippen molar-refractivity contribution in [3.8, 4) is 0 Å². The van der Waals surface area contributed by atoms with E-state index in [1.54, 1.807) is 4.57 Å². The molecule has 0 bridgehead atoms. The molecule has 3 rings (SSSR count). The maximum Gasteiger partial charge on any atom is 0.325 e. The summed E-state index contributed by atoms with van der Waals surface area (Å²) in [5.41, 5.74) is 5.65. The molecule has 1 aliphatic carbocycles. The minimum absolute atomic E-state index is 0.000404. The fourth-order valence-corrected chi connectivity index (χ4v) is 4.56. The van der Waals surface area contributed by atoms with Gasteiger partial charge in [-0.3, -0.25) is 14.3 Å². The van der Waals surface area contributed by atoms with E-state index in [9.17, 15) is 9.36 Å². The summed E-state index contributed by atoms with van der Waals surface area (Å²) in [6, 6.07) is 0. The molecule has 2 heterocycles. The van der Waals surface area contributed by atoms with Crippen molar-refractivity contribution in [1.82, 2.24) is 19.5 Å². The third-order valence-corrected chi connectivity index (χ3v) is 5.68. The molecule has 114 valence electrons. The first-order valence-electron chi connectivity index (χ1n) is 6.12. The van der Waals surface area contributed by atoms with Gasteiger partial charge in [-0.05, 0) is 12.3 Å². The van der Waals surface area contributed by atoms with Crippen molar-refractivity contribution < 1.29 is 14.4 Å². The van der Waals surface area contributed by atoms with E-state index in [2.05, 4.69) is 30.9 Å². The van der Waals surface area contributed by atoms with Crippen molar-refractivity contribution >= 4 is 40.6 Å². The van der Waals surface area contributed by atoms with Gasteiger partial charge in [0.25, 0.3) is 5.56 Å². The number of nitrogens with zero attached hydrogens (tertiary/aromatic N) is 3. The summed E-state index contributed by atoms with van der Waals surface area (Å²) in [4.78, 5) is 40.2. The maximum absolute atomic E-state index is 11.7. The average Bonchev–Trinajstić information content (AvgIpc) is 2.76. The van der Waals surface area contributed by atoms with Gasteiger partial charge in [0.15, 0.2) is 11.2 Å². The van der Waals surface area contributed by atoms with Gasteiger partial charge < -0.3 is 20.1 Å². The number of nitrogens with two attached hydrogens (primary N) is 1. The Morgan fingerprint density at radius 1 is 1.62 bits per heavy atom. The van der Waals surface area contributed by atoms with Crippen LogP contribution in [0.1, 0.15) is 6.42 Å². The lowest BCUT2D eigenvalue weighted by Gasteiger charge is -2.11. The first-order chi connectivity index (χ1) is 9.68. The van der Waals surface area contributed by atoms with Crippen LogP contribution in [0, 0.1) is 5.92 Å². The number of rotatable bonds is 4. The van der Waals surface area contributed by atoms with Crippen LogP contribution in [-0.2, 0) is 11.1 Å². The van der Waals surface area contributed by atoms with Crippen LogP contribution >= 0.6 is 23.5 Å². The van der Waals surface area contributed by atoms with E-state index in [1.807, 2.05) is 0 Å². The second-order valence-electron chi connectivity index (χ2n) is 5.28. The van der Waals surface area contributed by atoms with Crippen molar-refractivity contribution in [2.24, 2.45) is 5.92 Å². The summed E-state index contributed by atoms with van der Waals surface area (Å²) in [5.74, 6) is -0.129. The van der Waals surface area contributed by atoms with E-state index < -0.39 is 17.5 Å². The Hall–Kier alpha value is -1.22. The molecule has 2 atom stereocenters. The van der Waals surface area contributed by atoms with E-state index in [0.717, 1.165) is 0 Å². The Balaban J connectivity index is 1.87. The number of H-pyrrole nitrogens is 1. The smallest absolute Gasteiger partial charge is 0.325 e. The molecular weight excluding hydrogens is 365 g/mol. The molecule has 11 heteroatoms. The second kappa shape index (κ2) is 4.64. The second-order valence-corrected chi connectivity index (χ2v) is 8.55. The summed E-state index contributed by atoms with van der Waals surface area (Å²) in [6.45, 7) is 0.407. The van der Waals surface area contributed by atoms with Crippen LogP contribution < -0.4 is 11.3 Å². The zero-order chi connectivity index (χ0) is 15.4. The molecule has 0 saturated heterocycles. The minimum Gasteiger partial charge on any atom is -0.369 e. The highest BCUT2D eigenvalue weighted by atomic mass is 79.9. The van der Waals surface area contributed by atoms with Crippen LogP contribution in [0.25, 0.3) is 11.2 Å². The molecular formula is C10H13BrN5O4P. The van der Waals surface area contributed by atoms with E-state index >= 15 is 0 Å². The van der Waals surface area contributed by atoms with Crippen molar-refractivity contribution in [3.63, 3.8) is 0 Å². The van der Waals surface area contributed by atoms with Gasteiger partial charge in [-0.25, -0.2) is 4.98 Å².